The molecule has 0 atom stereocenters. The number of halogens is 7. The van der Waals surface area contributed by atoms with Gasteiger partial charge in [0, 0.05) is 12.8 Å². The van der Waals surface area contributed by atoms with Crippen LogP contribution in [0.3, 0.4) is 0 Å². The molecule has 0 fully saturated rings. The molecule has 0 saturated heterocycles. The van der Waals surface area contributed by atoms with Gasteiger partial charge in [0.05, 0.1) is 6.26 Å². The molecule has 0 aromatic carbocycles. The topological polar surface area (TPSA) is 9.23 Å². The van der Waals surface area contributed by atoms with E-state index in [2.05, 4.69) is 11.3 Å². The van der Waals surface area contributed by atoms with E-state index >= 15 is 0 Å². The quantitative estimate of drug-likeness (QED) is 0.525. The molecule has 0 radical (unpaired) electrons. The van der Waals surface area contributed by atoms with E-state index in [1.165, 1.54) is 0 Å². The van der Waals surface area contributed by atoms with Crippen LogP contribution in [0.15, 0.2) is 12.8 Å². The largest absolute Gasteiger partial charge is 0.463 e. The molecular weight excluding hydrogens is 233 g/mol. The van der Waals surface area contributed by atoms with Crippen molar-refractivity contribution in [2.45, 2.75) is 31.0 Å². The maximum Gasteiger partial charge on any atom is 0.463 e. The van der Waals surface area contributed by atoms with Crippen molar-refractivity contribution in [2.24, 2.45) is 0 Å². The Morgan fingerprint density at radius 1 is 0.933 bits per heavy atom. The first-order valence-electron chi connectivity index (χ1n) is 3.63. The van der Waals surface area contributed by atoms with Crippen LogP contribution in [0.1, 0.15) is 12.8 Å². The van der Waals surface area contributed by atoms with Gasteiger partial charge in [0.25, 0.3) is 0 Å². The number of rotatable bonds is 5. The molecule has 15 heavy (non-hydrogen) atoms. The Balaban J connectivity index is 4.46. The van der Waals surface area contributed by atoms with Gasteiger partial charge in [-0.1, -0.05) is 6.58 Å². The first kappa shape index (κ1) is 14.0. The number of hydrogen-bond acceptors (Lipinski definition) is 1. The molecule has 0 spiro atoms. The summed E-state index contributed by atoms with van der Waals surface area (Å²) in [6, 6.07) is 0. The lowest BCUT2D eigenvalue weighted by atomic mass is 10.1. The molecule has 0 aliphatic rings. The van der Waals surface area contributed by atoms with Crippen molar-refractivity contribution in [3.63, 3.8) is 0 Å². The van der Waals surface area contributed by atoms with Crippen LogP contribution in [0, 0.1) is 0 Å². The Morgan fingerprint density at radius 3 is 1.73 bits per heavy atom. The SMILES string of the molecule is C=COC(F)(F)C(F)(F)CCC(F)(F)F. The Hall–Kier alpha value is -0.950. The molecule has 0 heterocycles. The third-order valence-electron chi connectivity index (χ3n) is 1.38. The Morgan fingerprint density at radius 2 is 1.40 bits per heavy atom. The zero-order valence-electron chi connectivity index (χ0n) is 7.25. The average Bonchev–Trinajstić information content (AvgIpc) is 1.99. The van der Waals surface area contributed by atoms with Crippen LogP contribution < -0.4 is 0 Å². The van der Waals surface area contributed by atoms with Crippen LogP contribution in [0.5, 0.6) is 0 Å². The summed E-state index contributed by atoms with van der Waals surface area (Å²) in [5.74, 6) is -4.89. The molecule has 0 bridgehead atoms. The maximum atomic E-state index is 12.5. The summed E-state index contributed by atoms with van der Waals surface area (Å²) in [4.78, 5) is 0. The molecule has 0 aromatic heterocycles. The van der Waals surface area contributed by atoms with Crippen molar-refractivity contribution in [1.82, 2.24) is 0 Å². The average molecular weight is 240 g/mol. The molecule has 0 saturated carbocycles. The molecule has 8 heteroatoms. The molecule has 0 amide bonds. The molecule has 0 aliphatic carbocycles. The van der Waals surface area contributed by atoms with E-state index < -0.39 is 31.0 Å². The van der Waals surface area contributed by atoms with Gasteiger partial charge in [-0.05, 0) is 0 Å². The molecule has 90 valence electrons. The van der Waals surface area contributed by atoms with Crippen LogP contribution in [0.2, 0.25) is 0 Å². The minimum absolute atomic E-state index is 0.0432. The summed E-state index contributed by atoms with van der Waals surface area (Å²) in [6.07, 6.45) is -13.9. The normalized spacial score (nSPS) is 13.8. The zero-order chi connectivity index (χ0) is 12.3. The second-order valence-electron chi connectivity index (χ2n) is 2.62. The molecule has 0 unspecified atom stereocenters. The van der Waals surface area contributed by atoms with E-state index in [0.29, 0.717) is 0 Å². The van der Waals surface area contributed by atoms with Gasteiger partial charge < -0.3 is 4.74 Å². The molecule has 0 N–H and O–H groups in total. The van der Waals surface area contributed by atoms with E-state index in [4.69, 9.17) is 0 Å². The van der Waals surface area contributed by atoms with Crippen molar-refractivity contribution in [3.8, 4) is 0 Å². The van der Waals surface area contributed by atoms with Crippen LogP contribution in [0.25, 0.3) is 0 Å². The molecule has 0 rings (SSSR count). The van der Waals surface area contributed by atoms with E-state index in [9.17, 15) is 30.7 Å². The van der Waals surface area contributed by atoms with Crippen molar-refractivity contribution in [2.75, 3.05) is 0 Å². The lowest BCUT2D eigenvalue weighted by Crippen LogP contribution is -2.42. The van der Waals surface area contributed by atoms with Gasteiger partial charge in [-0.3, -0.25) is 0 Å². The van der Waals surface area contributed by atoms with Gasteiger partial charge >= 0.3 is 18.2 Å². The summed E-state index contributed by atoms with van der Waals surface area (Å²) >= 11 is 0. The highest BCUT2D eigenvalue weighted by Gasteiger charge is 2.59. The summed E-state index contributed by atoms with van der Waals surface area (Å²) in [7, 11) is 0. The third-order valence-corrected chi connectivity index (χ3v) is 1.38. The fraction of sp³-hybridized carbons (Fsp3) is 0.714. The van der Waals surface area contributed by atoms with Crippen LogP contribution in [0.4, 0.5) is 30.7 Å². The number of ether oxygens (including phenoxy) is 1. The Labute approximate surface area is 80.5 Å². The molecule has 0 aromatic rings. The van der Waals surface area contributed by atoms with Gasteiger partial charge in [-0.2, -0.15) is 30.7 Å². The lowest BCUT2D eigenvalue weighted by Gasteiger charge is -2.25. The molecule has 1 nitrogen and oxygen atoms in total. The highest BCUT2D eigenvalue weighted by Crippen LogP contribution is 2.41. The first-order chi connectivity index (χ1) is 6.52. The van der Waals surface area contributed by atoms with Crippen LogP contribution in [-0.4, -0.2) is 18.2 Å². The minimum atomic E-state index is -4.99. The summed E-state index contributed by atoms with van der Waals surface area (Å²) in [5.41, 5.74) is 0. The van der Waals surface area contributed by atoms with Crippen molar-refractivity contribution in [1.29, 1.82) is 0 Å². The highest BCUT2D eigenvalue weighted by atomic mass is 19.4. The predicted molar refractivity (Wildman–Crippen MR) is 36.5 cm³/mol. The summed E-state index contributed by atoms with van der Waals surface area (Å²) in [6.45, 7) is 2.61. The van der Waals surface area contributed by atoms with Gasteiger partial charge in [0.1, 0.15) is 0 Å². The smallest absolute Gasteiger partial charge is 0.437 e. The minimum Gasteiger partial charge on any atom is -0.437 e. The van der Waals surface area contributed by atoms with Crippen molar-refractivity contribution >= 4 is 0 Å². The summed E-state index contributed by atoms with van der Waals surface area (Å²) in [5, 5.41) is 0. The van der Waals surface area contributed by atoms with E-state index in [-0.39, 0.29) is 6.26 Å². The Bertz CT molecular complexity index is 220. The molecular formula is C7H7F7O. The van der Waals surface area contributed by atoms with Crippen LogP contribution >= 0.6 is 0 Å². The van der Waals surface area contributed by atoms with Gasteiger partial charge in [-0.25, -0.2) is 0 Å². The standard InChI is InChI=1S/C7H7F7O/c1-2-15-7(13,14)5(8,9)3-4-6(10,11)12/h2H,1,3-4H2. The van der Waals surface area contributed by atoms with E-state index in [1.807, 2.05) is 0 Å². The van der Waals surface area contributed by atoms with Gasteiger partial charge in [0.2, 0.25) is 0 Å². The monoisotopic (exact) mass is 240 g/mol. The second-order valence-corrected chi connectivity index (χ2v) is 2.62. The number of alkyl halides is 7. The number of hydrogen-bond donors (Lipinski definition) is 0. The zero-order valence-corrected chi connectivity index (χ0v) is 7.25. The second kappa shape index (κ2) is 4.28. The van der Waals surface area contributed by atoms with Crippen molar-refractivity contribution < 1.29 is 35.5 Å². The lowest BCUT2D eigenvalue weighted by molar-refractivity contribution is -0.332. The Kier molecular flexibility index (Phi) is 4.01. The first-order valence-corrected chi connectivity index (χ1v) is 3.63. The maximum absolute atomic E-state index is 12.5. The van der Waals surface area contributed by atoms with Gasteiger partial charge in [0.15, 0.2) is 0 Å². The summed E-state index contributed by atoms with van der Waals surface area (Å²) < 4.78 is 87.5. The highest BCUT2D eigenvalue weighted by molar-refractivity contribution is 4.79. The predicted octanol–water partition coefficient (Wildman–Crippen LogP) is 3.72. The van der Waals surface area contributed by atoms with E-state index in [0.717, 1.165) is 0 Å². The van der Waals surface area contributed by atoms with Crippen LogP contribution in [-0.2, 0) is 4.74 Å². The van der Waals surface area contributed by atoms with Gasteiger partial charge in [-0.15, -0.1) is 0 Å². The molecule has 0 aliphatic heterocycles. The fourth-order valence-electron chi connectivity index (χ4n) is 0.635. The van der Waals surface area contributed by atoms with Crippen molar-refractivity contribution in [3.05, 3.63) is 12.8 Å². The third kappa shape index (κ3) is 4.39. The van der Waals surface area contributed by atoms with E-state index in [1.54, 1.807) is 0 Å². The fourth-order valence-corrected chi connectivity index (χ4v) is 0.635.